The van der Waals surface area contributed by atoms with Gasteiger partial charge in [-0.05, 0) is 18.6 Å². The lowest BCUT2D eigenvalue weighted by Crippen LogP contribution is -2.40. The van der Waals surface area contributed by atoms with Crippen LogP contribution in [0.15, 0.2) is 18.3 Å². The van der Waals surface area contributed by atoms with Crippen LogP contribution in [0.25, 0.3) is 0 Å². The highest BCUT2D eigenvalue weighted by Crippen LogP contribution is 2.19. The van der Waals surface area contributed by atoms with E-state index in [1.54, 1.807) is 0 Å². The van der Waals surface area contributed by atoms with Gasteiger partial charge in [0, 0.05) is 19.3 Å². The summed E-state index contributed by atoms with van der Waals surface area (Å²) in [6, 6.07) is 2.99. The van der Waals surface area contributed by atoms with E-state index in [1.165, 1.54) is 25.3 Å². The quantitative estimate of drug-likeness (QED) is 0.788. The standard InChI is InChI=1S/C10H10ClF3N2O/c1-2-16(9(17)10(12,13)14)6-7-3-4-8(11)15-5-7/h3-5H,2,6H2,1H3. The summed E-state index contributed by atoms with van der Waals surface area (Å²) >= 11 is 5.55. The summed E-state index contributed by atoms with van der Waals surface area (Å²) in [5, 5.41) is 0.249. The van der Waals surface area contributed by atoms with Crippen LogP contribution in [0.2, 0.25) is 5.15 Å². The molecule has 0 saturated carbocycles. The van der Waals surface area contributed by atoms with Gasteiger partial charge in [0.25, 0.3) is 0 Å². The number of aromatic nitrogens is 1. The monoisotopic (exact) mass is 266 g/mol. The van der Waals surface area contributed by atoms with E-state index in [0.717, 1.165) is 0 Å². The molecule has 0 unspecified atom stereocenters. The molecule has 1 amide bonds. The Labute approximate surface area is 101 Å². The predicted octanol–water partition coefficient (Wildman–Crippen LogP) is 2.65. The summed E-state index contributed by atoms with van der Waals surface area (Å²) in [7, 11) is 0. The molecule has 0 aliphatic carbocycles. The number of amides is 1. The second-order valence-corrected chi connectivity index (χ2v) is 3.69. The number of nitrogens with zero attached hydrogens (tertiary/aromatic N) is 2. The first-order valence-corrected chi connectivity index (χ1v) is 5.19. The minimum absolute atomic E-state index is 0.0268. The molecule has 0 N–H and O–H groups in total. The van der Waals surface area contributed by atoms with E-state index in [2.05, 4.69) is 4.98 Å². The lowest BCUT2D eigenvalue weighted by molar-refractivity contribution is -0.185. The highest BCUT2D eigenvalue weighted by molar-refractivity contribution is 6.29. The molecule has 1 rings (SSSR count). The van der Waals surface area contributed by atoms with Gasteiger partial charge >= 0.3 is 12.1 Å². The van der Waals surface area contributed by atoms with Crippen molar-refractivity contribution in [2.45, 2.75) is 19.6 Å². The molecule has 3 nitrogen and oxygen atoms in total. The van der Waals surface area contributed by atoms with Gasteiger partial charge < -0.3 is 4.90 Å². The second-order valence-electron chi connectivity index (χ2n) is 3.31. The fourth-order valence-corrected chi connectivity index (χ4v) is 1.34. The highest BCUT2D eigenvalue weighted by atomic mass is 35.5. The highest BCUT2D eigenvalue weighted by Gasteiger charge is 2.41. The molecular formula is C10H10ClF3N2O. The molecule has 1 aromatic rings. The summed E-state index contributed by atoms with van der Waals surface area (Å²) in [5.74, 6) is -1.85. The second kappa shape index (κ2) is 5.35. The summed E-state index contributed by atoms with van der Waals surface area (Å²) in [4.78, 5) is 15.5. The van der Waals surface area contributed by atoms with Crippen LogP contribution in [0.5, 0.6) is 0 Å². The number of hydrogen-bond acceptors (Lipinski definition) is 2. The predicted molar refractivity (Wildman–Crippen MR) is 56.4 cm³/mol. The van der Waals surface area contributed by atoms with Crippen molar-refractivity contribution in [3.8, 4) is 0 Å². The third-order valence-corrected chi connectivity index (χ3v) is 2.30. The van der Waals surface area contributed by atoms with Crippen LogP contribution in [0.4, 0.5) is 13.2 Å². The molecule has 0 saturated heterocycles. The van der Waals surface area contributed by atoms with Gasteiger partial charge in [0.1, 0.15) is 5.15 Å². The molecule has 0 aliphatic heterocycles. The van der Waals surface area contributed by atoms with Gasteiger partial charge in [0.2, 0.25) is 0 Å². The van der Waals surface area contributed by atoms with E-state index in [4.69, 9.17) is 11.6 Å². The Morgan fingerprint density at radius 1 is 1.47 bits per heavy atom. The van der Waals surface area contributed by atoms with Crippen molar-refractivity contribution in [2.75, 3.05) is 6.54 Å². The Kier molecular flexibility index (Phi) is 4.34. The molecule has 0 atom stereocenters. The Balaban J connectivity index is 2.77. The molecule has 0 aliphatic rings. The Bertz CT molecular complexity index is 392. The number of pyridine rings is 1. The van der Waals surface area contributed by atoms with Gasteiger partial charge in [-0.1, -0.05) is 17.7 Å². The molecule has 1 heterocycles. The minimum Gasteiger partial charge on any atom is -0.331 e. The molecule has 0 spiro atoms. The topological polar surface area (TPSA) is 33.2 Å². The van der Waals surface area contributed by atoms with E-state index >= 15 is 0 Å². The van der Waals surface area contributed by atoms with Crippen molar-refractivity contribution < 1.29 is 18.0 Å². The number of hydrogen-bond donors (Lipinski definition) is 0. The molecule has 0 aromatic carbocycles. The molecule has 0 bridgehead atoms. The fraction of sp³-hybridized carbons (Fsp3) is 0.400. The van der Waals surface area contributed by atoms with Crippen LogP contribution >= 0.6 is 11.6 Å². The molecule has 7 heteroatoms. The summed E-state index contributed by atoms with van der Waals surface area (Å²) < 4.78 is 36.7. The van der Waals surface area contributed by atoms with E-state index < -0.39 is 12.1 Å². The maximum Gasteiger partial charge on any atom is 0.471 e. The van der Waals surface area contributed by atoms with E-state index in [-0.39, 0.29) is 18.2 Å². The number of rotatable bonds is 3. The van der Waals surface area contributed by atoms with Gasteiger partial charge in [-0.3, -0.25) is 4.79 Å². The SMILES string of the molecule is CCN(Cc1ccc(Cl)nc1)C(=O)C(F)(F)F. The smallest absolute Gasteiger partial charge is 0.331 e. The summed E-state index contributed by atoms with van der Waals surface area (Å²) in [6.45, 7) is 1.31. The van der Waals surface area contributed by atoms with Gasteiger partial charge in [0.05, 0.1) is 0 Å². The van der Waals surface area contributed by atoms with Crippen molar-refractivity contribution >= 4 is 17.5 Å². The maximum atomic E-state index is 12.2. The van der Waals surface area contributed by atoms with Crippen molar-refractivity contribution in [3.63, 3.8) is 0 Å². The molecule has 1 aromatic heterocycles. The van der Waals surface area contributed by atoms with Gasteiger partial charge in [-0.25, -0.2) is 4.98 Å². The third kappa shape index (κ3) is 3.89. The van der Waals surface area contributed by atoms with Crippen LogP contribution in [0.1, 0.15) is 12.5 Å². The van der Waals surface area contributed by atoms with Crippen molar-refractivity contribution in [1.82, 2.24) is 9.88 Å². The lowest BCUT2D eigenvalue weighted by atomic mass is 10.2. The lowest BCUT2D eigenvalue weighted by Gasteiger charge is -2.21. The van der Waals surface area contributed by atoms with Crippen molar-refractivity contribution in [2.24, 2.45) is 0 Å². The Morgan fingerprint density at radius 3 is 2.53 bits per heavy atom. The summed E-state index contributed by atoms with van der Waals surface area (Å²) in [6.07, 6.45) is -3.51. The average molecular weight is 267 g/mol. The number of carbonyl (C=O) groups is 1. The van der Waals surface area contributed by atoms with Crippen molar-refractivity contribution in [3.05, 3.63) is 29.0 Å². The first-order chi connectivity index (χ1) is 7.84. The zero-order valence-corrected chi connectivity index (χ0v) is 9.72. The van der Waals surface area contributed by atoms with Crippen LogP contribution in [0, 0.1) is 0 Å². The minimum atomic E-state index is -4.85. The first-order valence-electron chi connectivity index (χ1n) is 4.81. The number of alkyl halides is 3. The molecular weight excluding hydrogens is 257 g/mol. The van der Waals surface area contributed by atoms with E-state index in [9.17, 15) is 18.0 Å². The Morgan fingerprint density at radius 2 is 2.12 bits per heavy atom. The molecule has 94 valence electrons. The number of halogens is 4. The average Bonchev–Trinajstić information content (AvgIpc) is 2.26. The Hall–Kier alpha value is -1.30. The number of carbonyl (C=O) groups excluding carboxylic acids is 1. The molecule has 17 heavy (non-hydrogen) atoms. The van der Waals surface area contributed by atoms with Crippen LogP contribution in [-0.4, -0.2) is 28.5 Å². The zero-order valence-electron chi connectivity index (χ0n) is 8.96. The third-order valence-electron chi connectivity index (χ3n) is 2.07. The van der Waals surface area contributed by atoms with Crippen LogP contribution in [-0.2, 0) is 11.3 Å². The van der Waals surface area contributed by atoms with E-state index in [0.29, 0.717) is 10.5 Å². The van der Waals surface area contributed by atoms with Crippen LogP contribution in [0.3, 0.4) is 0 Å². The van der Waals surface area contributed by atoms with Gasteiger partial charge in [-0.15, -0.1) is 0 Å². The normalized spacial score (nSPS) is 11.4. The fourth-order valence-electron chi connectivity index (χ4n) is 1.23. The molecule has 0 fully saturated rings. The largest absolute Gasteiger partial charge is 0.471 e. The van der Waals surface area contributed by atoms with E-state index in [1.807, 2.05) is 0 Å². The maximum absolute atomic E-state index is 12.2. The first kappa shape index (κ1) is 13.8. The zero-order chi connectivity index (χ0) is 13.1. The van der Waals surface area contributed by atoms with Crippen molar-refractivity contribution in [1.29, 1.82) is 0 Å². The van der Waals surface area contributed by atoms with Crippen LogP contribution < -0.4 is 0 Å². The molecule has 0 radical (unpaired) electrons. The van der Waals surface area contributed by atoms with Gasteiger partial charge in [0.15, 0.2) is 0 Å². The van der Waals surface area contributed by atoms with Gasteiger partial charge in [-0.2, -0.15) is 13.2 Å². The summed E-state index contributed by atoms with van der Waals surface area (Å²) in [5.41, 5.74) is 0.494.